The standard InChI is InChI=1S/C12H13FN4/c1-8-6-9(13)2-3-10(8)12(17-14)11-7-15-4-5-16-11/h2-7,12,17H,14H2,1H3. The van der Waals surface area contributed by atoms with Crippen molar-refractivity contribution < 1.29 is 4.39 Å². The van der Waals surface area contributed by atoms with Gasteiger partial charge in [0.1, 0.15) is 5.82 Å². The van der Waals surface area contributed by atoms with E-state index < -0.39 is 0 Å². The minimum absolute atomic E-state index is 0.263. The lowest BCUT2D eigenvalue weighted by Gasteiger charge is -2.17. The molecule has 0 spiro atoms. The summed E-state index contributed by atoms with van der Waals surface area (Å²) in [7, 11) is 0. The normalized spacial score (nSPS) is 12.4. The summed E-state index contributed by atoms with van der Waals surface area (Å²) in [4.78, 5) is 8.19. The summed E-state index contributed by atoms with van der Waals surface area (Å²) in [5, 5.41) is 0. The van der Waals surface area contributed by atoms with Crippen molar-refractivity contribution in [3.05, 3.63) is 59.4 Å². The Hall–Kier alpha value is -1.85. The zero-order chi connectivity index (χ0) is 12.3. The van der Waals surface area contributed by atoms with Crippen LogP contribution in [0.3, 0.4) is 0 Å². The highest BCUT2D eigenvalue weighted by molar-refractivity contribution is 5.33. The molecule has 1 unspecified atom stereocenters. The van der Waals surface area contributed by atoms with Crippen LogP contribution in [0.25, 0.3) is 0 Å². The van der Waals surface area contributed by atoms with Gasteiger partial charge in [-0.05, 0) is 30.2 Å². The fraction of sp³-hybridized carbons (Fsp3) is 0.167. The molecule has 0 saturated heterocycles. The van der Waals surface area contributed by atoms with Gasteiger partial charge in [0, 0.05) is 12.4 Å². The predicted molar refractivity (Wildman–Crippen MR) is 62.3 cm³/mol. The van der Waals surface area contributed by atoms with Gasteiger partial charge in [-0.3, -0.25) is 15.8 Å². The van der Waals surface area contributed by atoms with Crippen LogP contribution >= 0.6 is 0 Å². The summed E-state index contributed by atoms with van der Waals surface area (Å²) in [6.07, 6.45) is 4.82. The topological polar surface area (TPSA) is 63.8 Å². The first-order valence-electron chi connectivity index (χ1n) is 5.20. The third kappa shape index (κ3) is 2.46. The molecule has 4 nitrogen and oxygen atoms in total. The molecule has 1 aromatic carbocycles. The van der Waals surface area contributed by atoms with Crippen molar-refractivity contribution in [2.75, 3.05) is 0 Å². The Labute approximate surface area is 98.7 Å². The van der Waals surface area contributed by atoms with E-state index in [0.29, 0.717) is 5.69 Å². The van der Waals surface area contributed by atoms with Gasteiger partial charge in [0.05, 0.1) is 17.9 Å². The number of aryl methyl sites for hydroxylation is 1. The number of nitrogens with zero attached hydrogens (tertiary/aromatic N) is 2. The number of halogens is 1. The molecule has 0 aliphatic rings. The lowest BCUT2D eigenvalue weighted by atomic mass is 9.99. The molecule has 0 fully saturated rings. The highest BCUT2D eigenvalue weighted by Gasteiger charge is 2.16. The highest BCUT2D eigenvalue weighted by Crippen LogP contribution is 2.22. The van der Waals surface area contributed by atoms with Crippen LogP contribution in [-0.2, 0) is 0 Å². The van der Waals surface area contributed by atoms with Gasteiger partial charge >= 0.3 is 0 Å². The maximum atomic E-state index is 13.0. The number of nitrogens with one attached hydrogen (secondary N) is 1. The zero-order valence-electron chi connectivity index (χ0n) is 9.39. The number of rotatable bonds is 3. The van der Waals surface area contributed by atoms with Crippen LogP contribution in [0, 0.1) is 12.7 Å². The summed E-state index contributed by atoms with van der Waals surface area (Å²) in [5.74, 6) is 5.27. The number of hydrazine groups is 1. The first kappa shape index (κ1) is 11.6. The SMILES string of the molecule is Cc1cc(F)ccc1C(NN)c1cnccn1. The first-order valence-corrected chi connectivity index (χ1v) is 5.20. The molecule has 2 rings (SSSR count). The molecule has 0 aliphatic heterocycles. The summed E-state index contributed by atoms with van der Waals surface area (Å²) in [5.41, 5.74) is 5.07. The van der Waals surface area contributed by atoms with Crippen LogP contribution in [0.2, 0.25) is 0 Å². The Balaban J connectivity index is 2.42. The van der Waals surface area contributed by atoms with Crippen LogP contribution < -0.4 is 11.3 Å². The molecule has 0 amide bonds. The van der Waals surface area contributed by atoms with Gasteiger partial charge in [-0.2, -0.15) is 0 Å². The Bertz CT molecular complexity index is 501. The first-order chi connectivity index (χ1) is 8.22. The average molecular weight is 232 g/mol. The fourth-order valence-electron chi connectivity index (χ4n) is 1.76. The van der Waals surface area contributed by atoms with Crippen molar-refractivity contribution in [3.63, 3.8) is 0 Å². The molecule has 3 N–H and O–H groups in total. The van der Waals surface area contributed by atoms with E-state index in [1.807, 2.05) is 6.92 Å². The number of hydrogen-bond donors (Lipinski definition) is 2. The largest absolute Gasteiger partial charge is 0.271 e. The molecular formula is C12H13FN4. The van der Waals surface area contributed by atoms with Gasteiger partial charge in [-0.1, -0.05) is 6.07 Å². The van der Waals surface area contributed by atoms with Gasteiger partial charge in [0.15, 0.2) is 0 Å². The summed E-state index contributed by atoms with van der Waals surface area (Å²) < 4.78 is 13.0. The third-order valence-corrected chi connectivity index (χ3v) is 2.59. The van der Waals surface area contributed by atoms with Crippen LogP contribution in [0.1, 0.15) is 22.9 Å². The summed E-state index contributed by atoms with van der Waals surface area (Å²) in [6, 6.07) is 4.28. The summed E-state index contributed by atoms with van der Waals surface area (Å²) >= 11 is 0. The Morgan fingerprint density at radius 1 is 1.35 bits per heavy atom. The van der Waals surface area contributed by atoms with E-state index in [0.717, 1.165) is 11.1 Å². The Morgan fingerprint density at radius 3 is 2.76 bits per heavy atom. The maximum absolute atomic E-state index is 13.0. The molecule has 1 atom stereocenters. The predicted octanol–water partition coefficient (Wildman–Crippen LogP) is 1.48. The van der Waals surface area contributed by atoms with Crippen molar-refractivity contribution in [1.29, 1.82) is 0 Å². The quantitative estimate of drug-likeness (QED) is 0.621. The van der Waals surface area contributed by atoms with Gasteiger partial charge in [-0.25, -0.2) is 9.82 Å². The van der Waals surface area contributed by atoms with Crippen LogP contribution in [0.4, 0.5) is 4.39 Å². The molecule has 0 bridgehead atoms. The third-order valence-electron chi connectivity index (χ3n) is 2.59. The van der Waals surface area contributed by atoms with Crippen LogP contribution in [0.15, 0.2) is 36.8 Å². The Kier molecular flexibility index (Phi) is 3.41. The number of benzene rings is 1. The van der Waals surface area contributed by atoms with Gasteiger partial charge in [0.25, 0.3) is 0 Å². The lowest BCUT2D eigenvalue weighted by molar-refractivity contribution is 0.602. The smallest absolute Gasteiger partial charge is 0.123 e. The number of aromatic nitrogens is 2. The molecule has 17 heavy (non-hydrogen) atoms. The van der Waals surface area contributed by atoms with E-state index in [2.05, 4.69) is 15.4 Å². The van der Waals surface area contributed by atoms with E-state index in [1.54, 1.807) is 24.7 Å². The van der Waals surface area contributed by atoms with E-state index in [4.69, 9.17) is 5.84 Å². The second-order valence-electron chi connectivity index (χ2n) is 3.73. The van der Waals surface area contributed by atoms with E-state index in [-0.39, 0.29) is 11.9 Å². The molecular weight excluding hydrogens is 219 g/mol. The monoisotopic (exact) mass is 232 g/mol. The maximum Gasteiger partial charge on any atom is 0.123 e. The Morgan fingerprint density at radius 2 is 2.18 bits per heavy atom. The van der Waals surface area contributed by atoms with Gasteiger partial charge < -0.3 is 0 Å². The minimum atomic E-state index is -0.288. The van der Waals surface area contributed by atoms with Crippen molar-refractivity contribution >= 4 is 0 Å². The second-order valence-corrected chi connectivity index (χ2v) is 3.73. The fourth-order valence-corrected chi connectivity index (χ4v) is 1.76. The molecule has 0 radical (unpaired) electrons. The van der Waals surface area contributed by atoms with Crippen LogP contribution in [-0.4, -0.2) is 9.97 Å². The molecule has 1 heterocycles. The molecule has 0 saturated carbocycles. The molecule has 88 valence electrons. The van der Waals surface area contributed by atoms with Crippen LogP contribution in [0.5, 0.6) is 0 Å². The van der Waals surface area contributed by atoms with Gasteiger partial charge in [0.2, 0.25) is 0 Å². The second kappa shape index (κ2) is 4.99. The average Bonchev–Trinajstić information content (AvgIpc) is 2.34. The van der Waals surface area contributed by atoms with E-state index >= 15 is 0 Å². The van der Waals surface area contributed by atoms with Gasteiger partial charge in [-0.15, -0.1) is 0 Å². The summed E-state index contributed by atoms with van der Waals surface area (Å²) in [6.45, 7) is 1.83. The zero-order valence-corrected chi connectivity index (χ0v) is 9.39. The van der Waals surface area contributed by atoms with Crippen molar-refractivity contribution in [2.45, 2.75) is 13.0 Å². The molecule has 0 aliphatic carbocycles. The number of nitrogens with two attached hydrogens (primary N) is 1. The lowest BCUT2D eigenvalue weighted by Crippen LogP contribution is -2.30. The van der Waals surface area contributed by atoms with Crippen molar-refractivity contribution in [3.8, 4) is 0 Å². The van der Waals surface area contributed by atoms with Crippen molar-refractivity contribution in [2.24, 2.45) is 5.84 Å². The highest BCUT2D eigenvalue weighted by atomic mass is 19.1. The van der Waals surface area contributed by atoms with Crippen molar-refractivity contribution in [1.82, 2.24) is 15.4 Å². The van der Waals surface area contributed by atoms with E-state index in [1.165, 1.54) is 12.1 Å². The molecule has 5 heteroatoms. The molecule has 1 aromatic heterocycles. The molecule has 2 aromatic rings. The van der Waals surface area contributed by atoms with E-state index in [9.17, 15) is 4.39 Å². The minimum Gasteiger partial charge on any atom is -0.271 e. The number of hydrogen-bond acceptors (Lipinski definition) is 4.